The van der Waals surface area contributed by atoms with Crippen LogP contribution in [0.3, 0.4) is 0 Å². The normalized spacial score (nSPS) is 15.6. The molecule has 128 valence electrons. The molecule has 0 radical (unpaired) electrons. The standard InChI is InChI=1S/C17H22N4O3/c1-19-11-14(9-18-19)21-5-4-20(12-17(21)22)10-13-6-15(23-2)8-16(7-13)24-3/h6-9,11H,4-5,10,12H2,1-3H3. The van der Waals surface area contributed by atoms with Gasteiger partial charge in [0.15, 0.2) is 0 Å². The van der Waals surface area contributed by atoms with Gasteiger partial charge in [0.2, 0.25) is 5.91 Å². The van der Waals surface area contributed by atoms with Crippen molar-refractivity contribution in [2.24, 2.45) is 7.05 Å². The van der Waals surface area contributed by atoms with Gasteiger partial charge in [-0.05, 0) is 17.7 Å². The number of amides is 1. The molecule has 0 N–H and O–H groups in total. The highest BCUT2D eigenvalue weighted by Gasteiger charge is 2.26. The molecule has 2 heterocycles. The van der Waals surface area contributed by atoms with Gasteiger partial charge >= 0.3 is 0 Å². The third-order valence-electron chi connectivity index (χ3n) is 4.12. The van der Waals surface area contributed by atoms with Gasteiger partial charge in [0.1, 0.15) is 11.5 Å². The number of piperazine rings is 1. The second-order valence-corrected chi connectivity index (χ2v) is 5.85. The molecule has 0 bridgehead atoms. The van der Waals surface area contributed by atoms with E-state index in [2.05, 4.69) is 10.00 Å². The quantitative estimate of drug-likeness (QED) is 0.827. The monoisotopic (exact) mass is 330 g/mol. The van der Waals surface area contributed by atoms with E-state index >= 15 is 0 Å². The molecule has 7 heteroatoms. The Morgan fingerprint density at radius 3 is 2.38 bits per heavy atom. The molecule has 1 aliphatic heterocycles. The topological polar surface area (TPSA) is 59.8 Å². The van der Waals surface area contributed by atoms with Crippen molar-refractivity contribution in [2.45, 2.75) is 6.54 Å². The number of benzene rings is 1. The van der Waals surface area contributed by atoms with Crippen molar-refractivity contribution in [2.75, 3.05) is 38.8 Å². The van der Waals surface area contributed by atoms with Gasteiger partial charge < -0.3 is 14.4 Å². The Morgan fingerprint density at radius 1 is 1.12 bits per heavy atom. The van der Waals surface area contributed by atoms with E-state index in [1.54, 1.807) is 30.0 Å². The van der Waals surface area contributed by atoms with Crippen molar-refractivity contribution in [3.8, 4) is 11.5 Å². The molecule has 1 aliphatic rings. The SMILES string of the molecule is COc1cc(CN2CCN(c3cnn(C)c3)C(=O)C2)cc(OC)c1. The first-order valence-corrected chi connectivity index (χ1v) is 7.82. The minimum absolute atomic E-state index is 0.0871. The fourth-order valence-electron chi connectivity index (χ4n) is 2.89. The molecule has 1 aromatic heterocycles. The zero-order valence-electron chi connectivity index (χ0n) is 14.2. The summed E-state index contributed by atoms with van der Waals surface area (Å²) in [5.74, 6) is 1.60. The van der Waals surface area contributed by atoms with E-state index in [0.717, 1.165) is 29.3 Å². The molecule has 0 spiro atoms. The molecule has 1 saturated heterocycles. The molecule has 1 aromatic carbocycles. The summed E-state index contributed by atoms with van der Waals surface area (Å²) in [7, 11) is 5.11. The number of nitrogens with zero attached hydrogens (tertiary/aromatic N) is 4. The van der Waals surface area contributed by atoms with Crippen LogP contribution in [0.2, 0.25) is 0 Å². The molecule has 0 atom stereocenters. The van der Waals surface area contributed by atoms with Crippen LogP contribution in [-0.4, -0.2) is 54.4 Å². The van der Waals surface area contributed by atoms with Crippen LogP contribution in [0.5, 0.6) is 11.5 Å². The van der Waals surface area contributed by atoms with Gasteiger partial charge in [-0.25, -0.2) is 0 Å². The van der Waals surface area contributed by atoms with Gasteiger partial charge in [-0.15, -0.1) is 0 Å². The van der Waals surface area contributed by atoms with Crippen molar-refractivity contribution >= 4 is 11.6 Å². The number of carbonyl (C=O) groups is 1. The molecule has 24 heavy (non-hydrogen) atoms. The predicted octanol–water partition coefficient (Wildman–Crippen LogP) is 1.29. The largest absolute Gasteiger partial charge is 0.497 e. The smallest absolute Gasteiger partial charge is 0.241 e. The summed E-state index contributed by atoms with van der Waals surface area (Å²) in [5, 5.41) is 4.13. The maximum atomic E-state index is 12.4. The first kappa shape index (κ1) is 16.3. The summed E-state index contributed by atoms with van der Waals surface area (Å²) in [4.78, 5) is 16.4. The Labute approximate surface area is 141 Å². The van der Waals surface area contributed by atoms with Gasteiger partial charge in [-0.2, -0.15) is 5.10 Å². The molecule has 0 saturated carbocycles. The lowest BCUT2D eigenvalue weighted by molar-refractivity contribution is -0.121. The number of rotatable bonds is 5. The fraction of sp³-hybridized carbons (Fsp3) is 0.412. The van der Waals surface area contributed by atoms with Crippen LogP contribution in [0.15, 0.2) is 30.6 Å². The Hall–Kier alpha value is -2.54. The van der Waals surface area contributed by atoms with Gasteiger partial charge in [0, 0.05) is 38.9 Å². The molecule has 1 amide bonds. The zero-order chi connectivity index (χ0) is 17.1. The predicted molar refractivity (Wildman–Crippen MR) is 90.4 cm³/mol. The van der Waals surface area contributed by atoms with Crippen molar-refractivity contribution in [3.63, 3.8) is 0 Å². The third kappa shape index (κ3) is 3.51. The Morgan fingerprint density at radius 2 is 1.83 bits per heavy atom. The van der Waals surface area contributed by atoms with Gasteiger partial charge in [0.25, 0.3) is 0 Å². The fourth-order valence-corrected chi connectivity index (χ4v) is 2.89. The number of methoxy groups -OCH3 is 2. The molecule has 7 nitrogen and oxygen atoms in total. The summed E-state index contributed by atoms with van der Waals surface area (Å²) in [5.41, 5.74) is 1.92. The number of anilines is 1. The molecular weight excluding hydrogens is 308 g/mol. The first-order valence-electron chi connectivity index (χ1n) is 7.82. The minimum atomic E-state index is 0.0871. The first-order chi connectivity index (χ1) is 11.6. The Bertz CT molecular complexity index is 706. The second kappa shape index (κ2) is 6.92. The number of aryl methyl sites for hydroxylation is 1. The van der Waals surface area contributed by atoms with E-state index in [-0.39, 0.29) is 5.91 Å². The summed E-state index contributed by atoms with van der Waals surface area (Å²) in [6, 6.07) is 5.79. The number of ether oxygens (including phenoxy) is 2. The average molecular weight is 330 g/mol. The average Bonchev–Trinajstić information content (AvgIpc) is 3.00. The van der Waals surface area contributed by atoms with Crippen molar-refractivity contribution in [1.82, 2.24) is 14.7 Å². The number of carbonyl (C=O) groups excluding carboxylic acids is 1. The summed E-state index contributed by atoms with van der Waals surface area (Å²) in [6.07, 6.45) is 3.58. The zero-order valence-corrected chi connectivity index (χ0v) is 14.2. The van der Waals surface area contributed by atoms with E-state index in [9.17, 15) is 4.79 Å². The lowest BCUT2D eigenvalue weighted by atomic mass is 10.1. The van der Waals surface area contributed by atoms with Gasteiger partial charge in [-0.3, -0.25) is 14.4 Å². The lowest BCUT2D eigenvalue weighted by Crippen LogP contribution is -2.50. The summed E-state index contributed by atoms with van der Waals surface area (Å²) in [6.45, 7) is 2.53. The van der Waals surface area contributed by atoms with Crippen LogP contribution in [0.25, 0.3) is 0 Å². The van der Waals surface area contributed by atoms with Crippen LogP contribution in [0, 0.1) is 0 Å². The highest BCUT2D eigenvalue weighted by Crippen LogP contribution is 2.24. The van der Waals surface area contributed by atoms with Crippen molar-refractivity contribution in [3.05, 3.63) is 36.2 Å². The summed E-state index contributed by atoms with van der Waals surface area (Å²) < 4.78 is 12.3. The Balaban J connectivity index is 1.67. The van der Waals surface area contributed by atoms with Gasteiger partial charge in [-0.1, -0.05) is 0 Å². The Kier molecular flexibility index (Phi) is 4.71. The maximum Gasteiger partial charge on any atom is 0.241 e. The molecular formula is C17H22N4O3. The third-order valence-corrected chi connectivity index (χ3v) is 4.12. The molecule has 1 fully saturated rings. The van der Waals surface area contributed by atoms with Gasteiger partial charge in [0.05, 0.1) is 32.6 Å². The van der Waals surface area contributed by atoms with Crippen LogP contribution < -0.4 is 14.4 Å². The van der Waals surface area contributed by atoms with Crippen LogP contribution in [-0.2, 0) is 18.4 Å². The van der Waals surface area contributed by atoms with E-state index < -0.39 is 0 Å². The second-order valence-electron chi connectivity index (χ2n) is 5.85. The van der Waals surface area contributed by atoms with Crippen molar-refractivity contribution in [1.29, 1.82) is 0 Å². The van der Waals surface area contributed by atoms with E-state index in [4.69, 9.17) is 9.47 Å². The lowest BCUT2D eigenvalue weighted by Gasteiger charge is -2.33. The molecule has 0 aliphatic carbocycles. The summed E-state index contributed by atoms with van der Waals surface area (Å²) >= 11 is 0. The van der Waals surface area contributed by atoms with Crippen LogP contribution in [0.1, 0.15) is 5.56 Å². The van der Waals surface area contributed by atoms with E-state index in [1.807, 2.05) is 31.4 Å². The van der Waals surface area contributed by atoms with E-state index in [0.29, 0.717) is 19.6 Å². The highest BCUT2D eigenvalue weighted by molar-refractivity contribution is 5.95. The maximum absolute atomic E-state index is 12.4. The number of hydrogen-bond acceptors (Lipinski definition) is 5. The van der Waals surface area contributed by atoms with Crippen molar-refractivity contribution < 1.29 is 14.3 Å². The minimum Gasteiger partial charge on any atom is -0.497 e. The highest BCUT2D eigenvalue weighted by atomic mass is 16.5. The van der Waals surface area contributed by atoms with Crippen LogP contribution >= 0.6 is 0 Å². The molecule has 0 unspecified atom stereocenters. The van der Waals surface area contributed by atoms with Crippen LogP contribution in [0.4, 0.5) is 5.69 Å². The molecule has 3 rings (SSSR count). The number of aromatic nitrogens is 2. The number of hydrogen-bond donors (Lipinski definition) is 0. The van der Waals surface area contributed by atoms with E-state index in [1.165, 1.54) is 0 Å². The molecule has 2 aromatic rings.